The number of nitrogens with one attached hydrogen (secondary N) is 3. The quantitative estimate of drug-likeness (QED) is 0.120. The fourth-order valence-corrected chi connectivity index (χ4v) is 9.41. The van der Waals surface area contributed by atoms with Crippen molar-refractivity contribution in [3.63, 3.8) is 0 Å². The minimum absolute atomic E-state index is 0.0684. The topological polar surface area (TPSA) is 127 Å². The molecule has 51 heavy (non-hydrogen) atoms. The molecular weight excluding hydrogens is 638 g/mol. The number of amides is 1. The Hall–Kier alpha value is -2.79. The monoisotopic (exact) mass is 705 g/mol. The largest absolute Gasteiger partial charge is 0.441 e. The second-order valence-corrected chi connectivity index (χ2v) is 17.2. The first kappa shape index (κ1) is 39.4. The molecule has 2 unspecified atom stereocenters. The molecule has 3 fully saturated rings. The number of benzene rings is 2. The lowest BCUT2D eigenvalue weighted by Gasteiger charge is -2.62. The van der Waals surface area contributed by atoms with E-state index in [1.807, 2.05) is 6.20 Å². The van der Waals surface area contributed by atoms with Gasteiger partial charge in [-0.2, -0.15) is 0 Å². The summed E-state index contributed by atoms with van der Waals surface area (Å²) in [6, 6.07) is 16.8. The molecule has 3 aromatic rings. The van der Waals surface area contributed by atoms with E-state index in [-0.39, 0.29) is 11.9 Å². The summed E-state index contributed by atoms with van der Waals surface area (Å²) in [5.41, 5.74) is 5.00. The molecule has 9 nitrogen and oxygen atoms in total. The third-order valence-corrected chi connectivity index (χ3v) is 12.4. The Labute approximate surface area is 306 Å². The summed E-state index contributed by atoms with van der Waals surface area (Å²) >= 11 is 0. The summed E-state index contributed by atoms with van der Waals surface area (Å²) < 4.78 is 0. The van der Waals surface area contributed by atoms with Crippen LogP contribution in [0.4, 0.5) is 0 Å². The number of aliphatic hydroxyl groups excluding tert-OH is 2. The fraction of sp³-hybridized carbons (Fsp3) is 0.643. The number of aromatic nitrogens is 1. The molecule has 0 aliphatic heterocycles. The maximum Gasteiger partial charge on any atom is 0.238 e. The lowest BCUT2D eigenvalue weighted by Crippen LogP contribution is -2.63. The van der Waals surface area contributed by atoms with Gasteiger partial charge in [0.1, 0.15) is 12.6 Å². The van der Waals surface area contributed by atoms with E-state index in [1.54, 1.807) is 6.92 Å². The number of carbonyl (C=O) groups is 1. The average molecular weight is 705 g/mol. The Balaban J connectivity index is 1.35. The van der Waals surface area contributed by atoms with Crippen molar-refractivity contribution >= 4 is 16.8 Å². The van der Waals surface area contributed by atoms with Gasteiger partial charge in [-0.15, -0.1) is 0 Å². The first-order valence-corrected chi connectivity index (χ1v) is 19.2. The highest BCUT2D eigenvalue weighted by Crippen LogP contribution is 2.61. The second kappa shape index (κ2) is 16.9. The molecule has 1 amide bonds. The van der Waals surface area contributed by atoms with Crippen molar-refractivity contribution in [2.45, 2.75) is 111 Å². The summed E-state index contributed by atoms with van der Waals surface area (Å²) in [4.78, 5) is 22.3. The zero-order chi connectivity index (χ0) is 37.0. The van der Waals surface area contributed by atoms with Crippen molar-refractivity contribution in [2.75, 3.05) is 27.2 Å². The van der Waals surface area contributed by atoms with Crippen molar-refractivity contribution in [3.05, 3.63) is 71.4 Å². The summed E-state index contributed by atoms with van der Waals surface area (Å²) in [5.74, 6) is 1.13. The van der Waals surface area contributed by atoms with Crippen molar-refractivity contribution in [2.24, 2.45) is 35.0 Å². The number of fused-ring (bicyclic) bond motifs is 3. The number of likely N-dealkylation sites (N-methyl/N-ethyl adjacent to an activating group) is 1. The smallest absolute Gasteiger partial charge is 0.238 e. The second-order valence-electron chi connectivity index (χ2n) is 17.2. The van der Waals surface area contributed by atoms with Gasteiger partial charge in [0.05, 0.1) is 12.0 Å². The van der Waals surface area contributed by atoms with Gasteiger partial charge in [0, 0.05) is 55.4 Å². The molecule has 9 atom stereocenters. The summed E-state index contributed by atoms with van der Waals surface area (Å²) in [6.45, 7) is 15.7. The highest BCUT2D eigenvalue weighted by Gasteiger charge is 2.56. The van der Waals surface area contributed by atoms with Crippen LogP contribution in [0.5, 0.6) is 0 Å². The Morgan fingerprint density at radius 2 is 1.78 bits per heavy atom. The van der Waals surface area contributed by atoms with Gasteiger partial charge in [-0.25, -0.2) is 0 Å². The number of nitrogens with zero attached hydrogens (tertiary/aromatic N) is 2. The first-order valence-electron chi connectivity index (χ1n) is 19.2. The van der Waals surface area contributed by atoms with Gasteiger partial charge in [0.25, 0.3) is 0 Å². The van der Waals surface area contributed by atoms with Gasteiger partial charge in [0.2, 0.25) is 5.91 Å². The molecule has 1 heterocycles. The predicted molar refractivity (Wildman–Crippen MR) is 207 cm³/mol. The molecule has 3 aliphatic rings. The predicted octanol–water partition coefficient (Wildman–Crippen LogP) is 4.87. The maximum absolute atomic E-state index is 14.1. The molecule has 3 aliphatic carbocycles. The van der Waals surface area contributed by atoms with Crippen molar-refractivity contribution in [3.8, 4) is 0 Å². The highest BCUT2D eigenvalue weighted by molar-refractivity contribution is 5.83. The number of H-pyrrole nitrogens is 1. The molecule has 0 saturated heterocycles. The SMILES string of the molecule is CC(C)C[C@@H](CN(C)C)N(Cc1cccc(CNC(C(=O)N[C@H]2C[C@H]3C[C@@H]([C@@H]2C)C3(C)C)[C@@H](C([OH2+])CO)[C@H](C)O)c1)Cc1cccc2[nH]ccc12. The minimum atomic E-state index is -0.997. The standard InChI is InChI=1S/C42H65N5O4/c1-26(2)17-33(24-46(7)8)47(23-31-13-10-14-36-34(31)15-16-43-36)22-30-12-9-11-29(18-30)21-44-40(39(28(4)49)38(50)25-48)41(51)45-37-20-32-19-35(27(37)3)42(32,5)6/h9-16,18,26-28,32-33,35,37-40,43-44,48-50H,17,19-25H2,1-8H3,(H,45,51)/p+1/t27-,28-,32+,33-,35-,37-,38?,39+,40?/m0/s1. The average Bonchev–Trinajstić information content (AvgIpc) is 3.56. The van der Waals surface area contributed by atoms with Gasteiger partial charge >= 0.3 is 0 Å². The van der Waals surface area contributed by atoms with Crippen LogP contribution in [0, 0.1) is 35.0 Å². The van der Waals surface area contributed by atoms with E-state index in [9.17, 15) is 15.0 Å². The van der Waals surface area contributed by atoms with Crippen LogP contribution in [-0.2, 0) is 24.4 Å². The van der Waals surface area contributed by atoms with Crippen molar-refractivity contribution in [1.29, 1.82) is 0 Å². The Morgan fingerprint density at radius 1 is 1.06 bits per heavy atom. The fourth-order valence-electron chi connectivity index (χ4n) is 9.41. The zero-order valence-corrected chi connectivity index (χ0v) is 32.3. The molecule has 2 bridgehead atoms. The molecule has 282 valence electrons. The molecule has 3 saturated carbocycles. The highest BCUT2D eigenvalue weighted by atomic mass is 16.3. The first-order chi connectivity index (χ1) is 24.2. The number of hydrogen-bond donors (Lipinski definition) is 5. The van der Waals surface area contributed by atoms with Crippen LogP contribution in [0.2, 0.25) is 0 Å². The van der Waals surface area contributed by atoms with E-state index in [0.717, 1.165) is 43.6 Å². The molecule has 7 N–H and O–H groups in total. The van der Waals surface area contributed by atoms with Crippen LogP contribution in [0.3, 0.4) is 0 Å². The minimum Gasteiger partial charge on any atom is -0.441 e. The molecular formula is C42H66N5O4+. The third-order valence-electron chi connectivity index (χ3n) is 12.4. The van der Waals surface area contributed by atoms with Gasteiger partial charge in [-0.1, -0.05) is 71.0 Å². The van der Waals surface area contributed by atoms with Gasteiger partial charge in [0.15, 0.2) is 6.10 Å². The van der Waals surface area contributed by atoms with Crippen LogP contribution in [-0.4, -0.2) is 93.6 Å². The van der Waals surface area contributed by atoms with E-state index in [4.69, 9.17) is 5.11 Å². The lowest BCUT2D eigenvalue weighted by molar-refractivity contribution is -0.139. The number of aromatic amines is 1. The van der Waals surface area contributed by atoms with Gasteiger partial charge in [-0.3, -0.25) is 9.69 Å². The third kappa shape index (κ3) is 9.24. The molecule has 9 heteroatoms. The number of aliphatic hydroxyl groups is 2. The number of carbonyl (C=O) groups excluding carboxylic acids is 1. The van der Waals surface area contributed by atoms with E-state index >= 15 is 0 Å². The summed E-state index contributed by atoms with van der Waals surface area (Å²) in [5, 5.41) is 37.5. The molecule has 0 spiro atoms. The van der Waals surface area contributed by atoms with Crippen LogP contribution >= 0.6 is 0 Å². The van der Waals surface area contributed by atoms with E-state index in [2.05, 4.69) is 123 Å². The number of hydrogen-bond acceptors (Lipinski definition) is 6. The van der Waals surface area contributed by atoms with Crippen LogP contribution in [0.25, 0.3) is 10.9 Å². The van der Waals surface area contributed by atoms with Gasteiger partial charge < -0.3 is 35.8 Å². The molecule has 1 aromatic heterocycles. The van der Waals surface area contributed by atoms with Crippen LogP contribution in [0.1, 0.15) is 77.5 Å². The number of rotatable bonds is 18. The molecule has 0 radical (unpaired) electrons. The normalized spacial score (nSPS) is 24.4. The van der Waals surface area contributed by atoms with Gasteiger partial charge in [-0.05, 0) is 98.2 Å². The molecule has 2 aromatic carbocycles. The van der Waals surface area contributed by atoms with E-state index in [1.165, 1.54) is 22.9 Å². The zero-order valence-electron chi connectivity index (χ0n) is 32.3. The Kier molecular flexibility index (Phi) is 13.1. The maximum atomic E-state index is 14.1. The van der Waals surface area contributed by atoms with Crippen molar-refractivity contribution in [1.82, 2.24) is 25.4 Å². The van der Waals surface area contributed by atoms with E-state index in [0.29, 0.717) is 41.7 Å². The Bertz CT molecular complexity index is 1560. The summed E-state index contributed by atoms with van der Waals surface area (Å²) in [6.07, 6.45) is 3.33. The van der Waals surface area contributed by atoms with Crippen LogP contribution < -0.4 is 10.6 Å². The van der Waals surface area contributed by atoms with Crippen molar-refractivity contribution < 1.29 is 20.1 Å². The Morgan fingerprint density at radius 3 is 2.43 bits per heavy atom. The van der Waals surface area contributed by atoms with E-state index < -0.39 is 30.8 Å². The summed E-state index contributed by atoms with van der Waals surface area (Å²) in [7, 11) is 4.29. The molecule has 6 rings (SSSR count). The van der Waals surface area contributed by atoms with Crippen LogP contribution in [0.15, 0.2) is 54.7 Å². The lowest BCUT2D eigenvalue weighted by atomic mass is 9.45.